The molecule has 0 spiro atoms. The summed E-state index contributed by atoms with van der Waals surface area (Å²) in [5.74, 6) is 0.0812. The Balaban J connectivity index is 2.17. The van der Waals surface area contributed by atoms with Gasteiger partial charge in [-0.2, -0.15) is 0 Å². The van der Waals surface area contributed by atoms with Crippen LogP contribution in [0.3, 0.4) is 0 Å². The van der Waals surface area contributed by atoms with Crippen LogP contribution in [0, 0.1) is 5.41 Å². The number of aromatic nitrogens is 1. The molecule has 1 aromatic heterocycles. The molecule has 0 amide bonds. The summed E-state index contributed by atoms with van der Waals surface area (Å²) in [5.41, 5.74) is 9.90. The zero-order valence-electron chi connectivity index (χ0n) is 11.5. The van der Waals surface area contributed by atoms with Gasteiger partial charge in [-0.25, -0.2) is 0 Å². The highest BCUT2D eigenvalue weighted by molar-refractivity contribution is 6.01. The molecule has 1 atom stereocenters. The largest absolute Gasteiger partial charge is 0.384 e. The number of para-hydroxylation sites is 1. The molecule has 1 aromatic carbocycles. The second-order valence-corrected chi connectivity index (χ2v) is 5.19. The average Bonchev–Trinajstić information content (AvgIpc) is 2.47. The maximum Gasteiger partial charge on any atom is 0.125 e. The van der Waals surface area contributed by atoms with E-state index in [1.807, 2.05) is 12.1 Å². The van der Waals surface area contributed by atoms with Crippen molar-refractivity contribution in [3.63, 3.8) is 0 Å². The summed E-state index contributed by atoms with van der Waals surface area (Å²) in [6.45, 7) is 2.20. The van der Waals surface area contributed by atoms with Gasteiger partial charge in [-0.15, -0.1) is 0 Å². The topological polar surface area (TPSA) is 66.0 Å². The standard InChI is InChI=1S/C16H18N4/c1-11-6-7-12-4-2-3-5-14(12)20(11)15-10-19-9-8-13(15)16(17)18/h2-5,8-11H,6-7H2,1H3,(H3,17,18). The summed E-state index contributed by atoms with van der Waals surface area (Å²) in [5, 5.41) is 7.77. The van der Waals surface area contributed by atoms with Gasteiger partial charge < -0.3 is 10.6 Å². The Bertz CT molecular complexity index is 650. The van der Waals surface area contributed by atoms with Crippen LogP contribution in [0.1, 0.15) is 24.5 Å². The molecular weight excluding hydrogens is 248 g/mol. The van der Waals surface area contributed by atoms with Crippen LogP contribution in [-0.4, -0.2) is 16.9 Å². The minimum absolute atomic E-state index is 0.0812. The number of nitrogens with two attached hydrogens (primary N) is 1. The van der Waals surface area contributed by atoms with E-state index in [0.717, 1.165) is 24.1 Å². The van der Waals surface area contributed by atoms with Crippen LogP contribution < -0.4 is 10.6 Å². The predicted molar refractivity (Wildman–Crippen MR) is 81.6 cm³/mol. The number of nitrogens with one attached hydrogen (secondary N) is 1. The Morgan fingerprint density at radius 1 is 1.30 bits per heavy atom. The van der Waals surface area contributed by atoms with Gasteiger partial charge in [0.2, 0.25) is 0 Å². The molecule has 2 aromatic rings. The van der Waals surface area contributed by atoms with Crippen molar-refractivity contribution in [3.05, 3.63) is 53.9 Å². The number of hydrogen-bond donors (Lipinski definition) is 2. The van der Waals surface area contributed by atoms with Crippen molar-refractivity contribution in [2.45, 2.75) is 25.8 Å². The normalized spacial score (nSPS) is 17.6. The van der Waals surface area contributed by atoms with E-state index in [1.54, 1.807) is 12.4 Å². The first-order valence-corrected chi connectivity index (χ1v) is 6.84. The summed E-state index contributed by atoms with van der Waals surface area (Å²) < 4.78 is 0. The van der Waals surface area contributed by atoms with Crippen molar-refractivity contribution in [1.82, 2.24) is 4.98 Å². The SMILES string of the molecule is CC1CCc2ccccc2N1c1cnccc1C(=N)N. The van der Waals surface area contributed by atoms with E-state index in [0.29, 0.717) is 6.04 Å². The summed E-state index contributed by atoms with van der Waals surface area (Å²) in [4.78, 5) is 6.47. The van der Waals surface area contributed by atoms with Crippen molar-refractivity contribution in [3.8, 4) is 0 Å². The lowest BCUT2D eigenvalue weighted by molar-refractivity contribution is 0.617. The van der Waals surface area contributed by atoms with Gasteiger partial charge >= 0.3 is 0 Å². The quantitative estimate of drug-likeness (QED) is 0.649. The molecule has 0 saturated heterocycles. The fourth-order valence-electron chi connectivity index (χ4n) is 2.86. The lowest BCUT2D eigenvalue weighted by Crippen LogP contribution is -2.34. The zero-order chi connectivity index (χ0) is 14.1. The molecule has 0 radical (unpaired) electrons. The molecule has 1 aliphatic rings. The average molecular weight is 266 g/mol. The van der Waals surface area contributed by atoms with Gasteiger partial charge in [-0.1, -0.05) is 18.2 Å². The van der Waals surface area contributed by atoms with Gasteiger partial charge in [0.25, 0.3) is 0 Å². The van der Waals surface area contributed by atoms with Crippen LogP contribution in [0.5, 0.6) is 0 Å². The molecule has 0 bridgehead atoms. The fraction of sp³-hybridized carbons (Fsp3) is 0.250. The van der Waals surface area contributed by atoms with Crippen molar-refractivity contribution >= 4 is 17.2 Å². The third kappa shape index (κ3) is 2.03. The number of anilines is 2. The molecule has 102 valence electrons. The molecule has 4 nitrogen and oxygen atoms in total. The lowest BCUT2D eigenvalue weighted by atomic mass is 9.95. The molecule has 0 aliphatic carbocycles. The number of amidine groups is 1. The molecule has 3 N–H and O–H groups in total. The Morgan fingerprint density at radius 3 is 2.90 bits per heavy atom. The summed E-state index contributed by atoms with van der Waals surface area (Å²) in [6, 6.07) is 10.6. The van der Waals surface area contributed by atoms with Crippen LogP contribution in [0.4, 0.5) is 11.4 Å². The Kier molecular flexibility index (Phi) is 3.14. The molecule has 0 saturated carbocycles. The van der Waals surface area contributed by atoms with E-state index < -0.39 is 0 Å². The number of benzene rings is 1. The van der Waals surface area contributed by atoms with E-state index in [2.05, 4.69) is 35.0 Å². The monoisotopic (exact) mass is 266 g/mol. The number of nitrogens with zero attached hydrogens (tertiary/aromatic N) is 2. The molecule has 20 heavy (non-hydrogen) atoms. The van der Waals surface area contributed by atoms with Gasteiger partial charge in [0.1, 0.15) is 5.84 Å². The molecule has 1 unspecified atom stereocenters. The molecule has 2 heterocycles. The van der Waals surface area contributed by atoms with Crippen molar-refractivity contribution in [2.24, 2.45) is 5.73 Å². The van der Waals surface area contributed by atoms with Gasteiger partial charge in [0.05, 0.1) is 11.9 Å². The van der Waals surface area contributed by atoms with E-state index in [-0.39, 0.29) is 5.84 Å². The van der Waals surface area contributed by atoms with Crippen molar-refractivity contribution in [2.75, 3.05) is 4.90 Å². The van der Waals surface area contributed by atoms with Gasteiger partial charge in [0.15, 0.2) is 0 Å². The number of fused-ring (bicyclic) bond motifs is 1. The van der Waals surface area contributed by atoms with E-state index in [4.69, 9.17) is 11.1 Å². The van der Waals surface area contributed by atoms with Crippen LogP contribution in [-0.2, 0) is 6.42 Å². The third-order valence-corrected chi connectivity index (χ3v) is 3.87. The highest BCUT2D eigenvalue weighted by Crippen LogP contribution is 2.37. The number of aryl methyl sites for hydroxylation is 1. The first-order valence-electron chi connectivity index (χ1n) is 6.84. The van der Waals surface area contributed by atoms with Gasteiger partial charge in [0, 0.05) is 23.5 Å². The number of pyridine rings is 1. The third-order valence-electron chi connectivity index (χ3n) is 3.87. The van der Waals surface area contributed by atoms with Gasteiger partial charge in [-0.05, 0) is 37.5 Å². The molecule has 1 aliphatic heterocycles. The second-order valence-electron chi connectivity index (χ2n) is 5.19. The minimum Gasteiger partial charge on any atom is -0.384 e. The number of hydrogen-bond acceptors (Lipinski definition) is 3. The summed E-state index contributed by atoms with van der Waals surface area (Å²) >= 11 is 0. The number of rotatable bonds is 2. The minimum atomic E-state index is 0.0812. The summed E-state index contributed by atoms with van der Waals surface area (Å²) in [6.07, 6.45) is 5.66. The fourth-order valence-corrected chi connectivity index (χ4v) is 2.86. The van der Waals surface area contributed by atoms with E-state index in [1.165, 1.54) is 11.3 Å². The molecule has 0 fully saturated rings. The Morgan fingerprint density at radius 2 is 2.10 bits per heavy atom. The van der Waals surface area contributed by atoms with E-state index in [9.17, 15) is 0 Å². The Hall–Kier alpha value is -2.36. The maximum atomic E-state index is 7.77. The molecule has 4 heteroatoms. The summed E-state index contributed by atoms with van der Waals surface area (Å²) in [7, 11) is 0. The lowest BCUT2D eigenvalue weighted by Gasteiger charge is -2.37. The maximum absolute atomic E-state index is 7.77. The Labute approximate surface area is 118 Å². The van der Waals surface area contributed by atoms with Crippen molar-refractivity contribution in [1.29, 1.82) is 5.41 Å². The second kappa shape index (κ2) is 4.96. The van der Waals surface area contributed by atoms with Crippen LogP contribution >= 0.6 is 0 Å². The highest BCUT2D eigenvalue weighted by Gasteiger charge is 2.26. The van der Waals surface area contributed by atoms with E-state index >= 15 is 0 Å². The highest BCUT2D eigenvalue weighted by atomic mass is 15.2. The smallest absolute Gasteiger partial charge is 0.125 e. The predicted octanol–water partition coefficient (Wildman–Crippen LogP) is 2.84. The molecular formula is C16H18N4. The van der Waals surface area contributed by atoms with Crippen molar-refractivity contribution < 1.29 is 0 Å². The zero-order valence-corrected chi connectivity index (χ0v) is 11.5. The molecule has 3 rings (SSSR count). The van der Waals surface area contributed by atoms with Crippen LogP contribution in [0.2, 0.25) is 0 Å². The van der Waals surface area contributed by atoms with Crippen LogP contribution in [0.15, 0.2) is 42.7 Å². The first-order chi connectivity index (χ1) is 9.68. The van der Waals surface area contributed by atoms with Gasteiger partial charge in [-0.3, -0.25) is 10.4 Å². The number of nitrogen functional groups attached to an aromatic ring is 1. The van der Waals surface area contributed by atoms with Crippen LogP contribution in [0.25, 0.3) is 0 Å². The first kappa shape index (κ1) is 12.7.